The zero-order chi connectivity index (χ0) is 16.2. The van der Waals surface area contributed by atoms with E-state index in [9.17, 15) is 10.4 Å². The quantitative estimate of drug-likeness (QED) is 0.751. The van der Waals surface area contributed by atoms with Gasteiger partial charge < -0.3 is 20.5 Å². The van der Waals surface area contributed by atoms with Gasteiger partial charge in [-0.1, -0.05) is 6.92 Å². The maximum absolute atomic E-state index is 9.73. The smallest absolute Gasteiger partial charge is 0.144 e. The first-order valence-corrected chi connectivity index (χ1v) is 7.64. The van der Waals surface area contributed by atoms with Gasteiger partial charge in [-0.05, 0) is 31.9 Å². The Morgan fingerprint density at radius 2 is 2.41 bits per heavy atom. The molecule has 1 aliphatic heterocycles. The van der Waals surface area contributed by atoms with Crippen molar-refractivity contribution >= 4 is 5.82 Å². The van der Waals surface area contributed by atoms with Crippen molar-refractivity contribution in [3.05, 3.63) is 22.9 Å². The number of rotatable bonds is 5. The summed E-state index contributed by atoms with van der Waals surface area (Å²) in [6, 6.07) is 4.24. The van der Waals surface area contributed by atoms with E-state index >= 15 is 0 Å². The zero-order valence-electron chi connectivity index (χ0n) is 13.4. The number of morpholine rings is 1. The van der Waals surface area contributed by atoms with Gasteiger partial charge in [0.05, 0.1) is 30.9 Å². The number of aryl methyl sites for hydroxylation is 2. The van der Waals surface area contributed by atoms with Crippen LogP contribution < -0.4 is 10.6 Å². The summed E-state index contributed by atoms with van der Waals surface area (Å²) in [6.45, 7) is 7.46. The number of aromatic nitrogens is 1. The van der Waals surface area contributed by atoms with Crippen molar-refractivity contribution in [3.8, 4) is 6.07 Å². The van der Waals surface area contributed by atoms with E-state index in [4.69, 9.17) is 4.74 Å². The van der Waals surface area contributed by atoms with Crippen LogP contribution in [0.25, 0.3) is 0 Å². The van der Waals surface area contributed by atoms with Crippen LogP contribution in [0.15, 0.2) is 6.07 Å². The lowest BCUT2D eigenvalue weighted by Crippen LogP contribution is -2.63. The Morgan fingerprint density at radius 1 is 1.64 bits per heavy atom. The third-order valence-electron chi connectivity index (χ3n) is 4.01. The van der Waals surface area contributed by atoms with Crippen LogP contribution in [0.3, 0.4) is 0 Å². The summed E-state index contributed by atoms with van der Waals surface area (Å²) < 4.78 is 5.55. The first-order chi connectivity index (χ1) is 10.5. The third kappa shape index (κ3) is 3.55. The van der Waals surface area contributed by atoms with Gasteiger partial charge in [0, 0.05) is 18.3 Å². The number of nitriles is 1. The highest BCUT2D eigenvalue weighted by atomic mass is 16.5. The van der Waals surface area contributed by atoms with Crippen LogP contribution in [-0.2, 0) is 11.2 Å². The normalized spacial score (nSPS) is 24.8. The SMILES string of the molecule is CCc1cc(C#N)c(NC[C@]2(CO)COC[C@@H](C)N2)nc1C. The average molecular weight is 304 g/mol. The number of pyridine rings is 1. The Labute approximate surface area is 131 Å². The number of aliphatic hydroxyl groups excluding tert-OH is 1. The predicted octanol–water partition coefficient (Wildman–Crippen LogP) is 0.975. The second-order valence-electron chi connectivity index (χ2n) is 5.95. The topological polar surface area (TPSA) is 90.2 Å². The Morgan fingerprint density at radius 3 is 3.00 bits per heavy atom. The first kappa shape index (κ1) is 16.7. The summed E-state index contributed by atoms with van der Waals surface area (Å²) in [5, 5.41) is 25.6. The molecule has 1 saturated heterocycles. The molecule has 0 aliphatic carbocycles. The van der Waals surface area contributed by atoms with Gasteiger partial charge in [0.15, 0.2) is 0 Å². The van der Waals surface area contributed by atoms with E-state index in [1.165, 1.54) is 0 Å². The lowest BCUT2D eigenvalue weighted by atomic mass is 9.98. The molecular formula is C16H24N4O2. The lowest BCUT2D eigenvalue weighted by Gasteiger charge is -2.40. The number of hydrogen-bond acceptors (Lipinski definition) is 6. The van der Waals surface area contributed by atoms with Crippen molar-refractivity contribution in [1.29, 1.82) is 5.26 Å². The zero-order valence-corrected chi connectivity index (χ0v) is 13.4. The van der Waals surface area contributed by atoms with Gasteiger partial charge in [-0.2, -0.15) is 5.26 Å². The van der Waals surface area contributed by atoms with Gasteiger partial charge in [-0.3, -0.25) is 0 Å². The average Bonchev–Trinajstić information content (AvgIpc) is 2.53. The van der Waals surface area contributed by atoms with E-state index in [0.29, 0.717) is 31.1 Å². The number of aliphatic hydroxyl groups is 1. The minimum absolute atomic E-state index is 0.0434. The lowest BCUT2D eigenvalue weighted by molar-refractivity contribution is -0.0158. The second kappa shape index (κ2) is 7.05. The highest BCUT2D eigenvalue weighted by molar-refractivity contribution is 5.54. The molecule has 0 radical (unpaired) electrons. The summed E-state index contributed by atoms with van der Waals surface area (Å²) in [5.41, 5.74) is 1.97. The van der Waals surface area contributed by atoms with Gasteiger partial charge in [0.2, 0.25) is 0 Å². The molecule has 6 nitrogen and oxygen atoms in total. The van der Waals surface area contributed by atoms with E-state index in [1.54, 1.807) is 0 Å². The molecule has 1 aliphatic rings. The van der Waals surface area contributed by atoms with Gasteiger partial charge in [0.25, 0.3) is 0 Å². The van der Waals surface area contributed by atoms with Crippen molar-refractivity contribution in [1.82, 2.24) is 10.3 Å². The Hall–Kier alpha value is -1.68. The Bertz CT molecular complexity index is 570. The van der Waals surface area contributed by atoms with E-state index in [-0.39, 0.29) is 12.6 Å². The molecule has 0 amide bonds. The molecule has 0 aromatic carbocycles. The van der Waals surface area contributed by atoms with Gasteiger partial charge in [0.1, 0.15) is 11.9 Å². The molecule has 0 spiro atoms. The molecular weight excluding hydrogens is 280 g/mol. The largest absolute Gasteiger partial charge is 0.394 e. The fourth-order valence-electron chi connectivity index (χ4n) is 2.76. The van der Waals surface area contributed by atoms with Gasteiger partial charge >= 0.3 is 0 Å². The van der Waals surface area contributed by atoms with E-state index < -0.39 is 5.54 Å². The van der Waals surface area contributed by atoms with Crippen LogP contribution in [0.4, 0.5) is 5.82 Å². The van der Waals surface area contributed by atoms with Crippen LogP contribution in [0.5, 0.6) is 0 Å². The summed E-state index contributed by atoms with van der Waals surface area (Å²) in [4.78, 5) is 4.50. The van der Waals surface area contributed by atoms with Crippen molar-refractivity contribution < 1.29 is 9.84 Å². The summed E-state index contributed by atoms with van der Waals surface area (Å²) >= 11 is 0. The van der Waals surface area contributed by atoms with E-state index in [2.05, 4.69) is 21.7 Å². The number of hydrogen-bond donors (Lipinski definition) is 3. The molecule has 2 rings (SSSR count). The number of anilines is 1. The van der Waals surface area contributed by atoms with Gasteiger partial charge in [-0.25, -0.2) is 4.98 Å². The van der Waals surface area contributed by atoms with Crippen molar-refractivity contribution in [2.45, 2.75) is 38.8 Å². The van der Waals surface area contributed by atoms with E-state index in [0.717, 1.165) is 17.7 Å². The number of nitrogens with zero attached hydrogens (tertiary/aromatic N) is 2. The van der Waals surface area contributed by atoms with Gasteiger partial charge in [-0.15, -0.1) is 0 Å². The predicted molar refractivity (Wildman–Crippen MR) is 84.8 cm³/mol. The third-order valence-corrected chi connectivity index (χ3v) is 4.01. The minimum Gasteiger partial charge on any atom is -0.394 e. The minimum atomic E-state index is -0.552. The highest BCUT2D eigenvalue weighted by Crippen LogP contribution is 2.19. The van der Waals surface area contributed by atoms with Crippen LogP contribution in [0, 0.1) is 18.3 Å². The molecule has 2 atom stereocenters. The number of nitrogens with one attached hydrogen (secondary N) is 2. The molecule has 2 heterocycles. The molecule has 0 unspecified atom stereocenters. The van der Waals surface area contributed by atoms with Crippen LogP contribution >= 0.6 is 0 Å². The Balaban J connectivity index is 2.16. The molecule has 0 saturated carbocycles. The number of ether oxygens (including phenoxy) is 1. The van der Waals surface area contributed by atoms with Crippen molar-refractivity contribution in [2.75, 3.05) is 31.7 Å². The molecule has 0 bridgehead atoms. The van der Waals surface area contributed by atoms with Crippen molar-refractivity contribution in [3.63, 3.8) is 0 Å². The first-order valence-electron chi connectivity index (χ1n) is 7.64. The Kier molecular flexibility index (Phi) is 5.35. The summed E-state index contributed by atoms with van der Waals surface area (Å²) in [7, 11) is 0. The maximum atomic E-state index is 9.73. The van der Waals surface area contributed by atoms with Crippen LogP contribution in [-0.4, -0.2) is 48.0 Å². The molecule has 22 heavy (non-hydrogen) atoms. The summed E-state index contributed by atoms with van der Waals surface area (Å²) in [6.07, 6.45) is 0.848. The molecule has 1 aromatic heterocycles. The molecule has 1 fully saturated rings. The maximum Gasteiger partial charge on any atom is 0.144 e. The fourth-order valence-corrected chi connectivity index (χ4v) is 2.76. The molecule has 120 valence electrons. The van der Waals surface area contributed by atoms with Crippen LogP contribution in [0.1, 0.15) is 30.7 Å². The molecule has 1 aromatic rings. The van der Waals surface area contributed by atoms with Crippen LogP contribution in [0.2, 0.25) is 0 Å². The second-order valence-corrected chi connectivity index (χ2v) is 5.95. The van der Waals surface area contributed by atoms with E-state index in [1.807, 2.05) is 26.8 Å². The fraction of sp³-hybridized carbons (Fsp3) is 0.625. The summed E-state index contributed by atoms with van der Waals surface area (Å²) in [5.74, 6) is 0.560. The van der Waals surface area contributed by atoms with Crippen molar-refractivity contribution in [2.24, 2.45) is 0 Å². The standard InChI is InChI=1S/C16H24N4O2/c1-4-13-5-14(6-17)15(19-12(13)3)18-8-16(9-21)10-22-7-11(2)20-16/h5,11,20-21H,4,7-10H2,1-3H3,(H,18,19)/t11-,16+/m1/s1. The highest BCUT2D eigenvalue weighted by Gasteiger charge is 2.34. The molecule has 6 heteroatoms. The monoisotopic (exact) mass is 304 g/mol. The molecule has 3 N–H and O–H groups in total.